The highest BCUT2D eigenvalue weighted by Crippen LogP contribution is 2.64. The van der Waals surface area contributed by atoms with Crippen molar-refractivity contribution in [2.45, 2.75) is 21.4 Å². The van der Waals surface area contributed by atoms with Gasteiger partial charge in [-0.05, 0) is 97.2 Å². The summed E-state index contributed by atoms with van der Waals surface area (Å²) in [5.41, 5.74) is 12.9. The molecular formula is C51H32N4S. The van der Waals surface area contributed by atoms with Gasteiger partial charge in [0.2, 0.25) is 0 Å². The molecular weight excluding hydrogens is 701 g/mol. The highest BCUT2D eigenvalue weighted by molar-refractivity contribution is 7.99. The molecule has 1 N–H and O–H groups in total. The van der Waals surface area contributed by atoms with Crippen LogP contribution in [-0.2, 0) is 5.41 Å². The van der Waals surface area contributed by atoms with Gasteiger partial charge in [0.05, 0.1) is 17.0 Å². The first-order chi connectivity index (χ1) is 27.7. The van der Waals surface area contributed by atoms with Gasteiger partial charge in [-0.2, -0.15) is 5.26 Å². The summed E-state index contributed by atoms with van der Waals surface area (Å²) in [7, 11) is 0. The number of aliphatic imine (C=N–C) groups is 2. The second-order valence-electron chi connectivity index (χ2n) is 14.4. The fraction of sp³-hybridized carbons (Fsp3) is 0.0392. The molecule has 2 aliphatic heterocycles. The Labute approximate surface area is 329 Å². The van der Waals surface area contributed by atoms with Gasteiger partial charge in [0, 0.05) is 20.9 Å². The van der Waals surface area contributed by atoms with Crippen molar-refractivity contribution in [1.29, 1.82) is 5.26 Å². The Morgan fingerprint density at radius 2 is 1.12 bits per heavy atom. The highest BCUT2D eigenvalue weighted by Gasteiger charge is 2.51. The summed E-state index contributed by atoms with van der Waals surface area (Å²) in [5.74, 6) is 1.59. The molecule has 0 radical (unpaired) electrons. The minimum Gasteiger partial charge on any atom is -0.324 e. The smallest absolute Gasteiger partial charge is 0.169 e. The molecule has 5 heteroatoms. The Kier molecular flexibility index (Phi) is 7.42. The van der Waals surface area contributed by atoms with Crippen LogP contribution >= 0.6 is 11.8 Å². The lowest BCUT2D eigenvalue weighted by molar-refractivity contribution is 0.722. The van der Waals surface area contributed by atoms with Crippen LogP contribution in [-0.4, -0.2) is 11.7 Å². The van der Waals surface area contributed by atoms with Crippen molar-refractivity contribution >= 4 is 34.2 Å². The van der Waals surface area contributed by atoms with Gasteiger partial charge in [0.25, 0.3) is 0 Å². The summed E-state index contributed by atoms with van der Waals surface area (Å²) in [6.07, 6.45) is -0.392. The predicted octanol–water partition coefficient (Wildman–Crippen LogP) is 11.7. The quantitative estimate of drug-likeness (QED) is 0.196. The third-order valence-corrected chi connectivity index (χ3v) is 12.6. The molecule has 262 valence electrons. The second-order valence-corrected chi connectivity index (χ2v) is 15.5. The van der Waals surface area contributed by atoms with Gasteiger partial charge >= 0.3 is 0 Å². The Morgan fingerprint density at radius 3 is 1.91 bits per heavy atom. The molecule has 0 bridgehead atoms. The van der Waals surface area contributed by atoms with Crippen LogP contribution in [0.25, 0.3) is 33.0 Å². The monoisotopic (exact) mass is 732 g/mol. The Balaban J connectivity index is 1.19. The number of amidine groups is 2. The topological polar surface area (TPSA) is 60.5 Å². The summed E-state index contributed by atoms with van der Waals surface area (Å²) in [4.78, 5) is 12.9. The molecule has 8 aromatic carbocycles. The van der Waals surface area contributed by atoms with E-state index in [2.05, 4.69) is 145 Å². The van der Waals surface area contributed by atoms with Crippen molar-refractivity contribution < 1.29 is 0 Å². The maximum atomic E-state index is 9.64. The van der Waals surface area contributed by atoms with Crippen LogP contribution in [0.5, 0.6) is 0 Å². The van der Waals surface area contributed by atoms with Gasteiger partial charge in [0.1, 0.15) is 11.7 Å². The summed E-state index contributed by atoms with van der Waals surface area (Å²) < 4.78 is 0. The zero-order chi connectivity index (χ0) is 37.2. The van der Waals surface area contributed by atoms with E-state index in [4.69, 9.17) is 9.98 Å². The summed E-state index contributed by atoms with van der Waals surface area (Å²) in [6, 6.07) is 66.9. The van der Waals surface area contributed by atoms with Crippen LogP contribution in [0.3, 0.4) is 0 Å². The highest BCUT2D eigenvalue weighted by atomic mass is 32.2. The maximum absolute atomic E-state index is 9.64. The van der Waals surface area contributed by atoms with Gasteiger partial charge in [0.15, 0.2) is 6.17 Å². The lowest BCUT2D eigenvalue weighted by Gasteiger charge is -2.40. The number of hydrogen-bond acceptors (Lipinski definition) is 5. The first-order valence-corrected chi connectivity index (χ1v) is 19.6. The van der Waals surface area contributed by atoms with Gasteiger partial charge in [-0.15, -0.1) is 0 Å². The molecule has 11 rings (SSSR count). The summed E-state index contributed by atoms with van der Waals surface area (Å²) >= 11 is 1.84. The van der Waals surface area contributed by atoms with Crippen LogP contribution in [0.15, 0.2) is 202 Å². The number of fused-ring (bicyclic) bond motifs is 11. The molecule has 1 spiro atoms. The normalized spacial score (nSPS) is 17.4. The first kappa shape index (κ1) is 32.4. The van der Waals surface area contributed by atoms with E-state index in [1.807, 2.05) is 60.3 Å². The molecule has 0 saturated carbocycles. The van der Waals surface area contributed by atoms with E-state index < -0.39 is 11.6 Å². The van der Waals surface area contributed by atoms with Crippen molar-refractivity contribution in [3.05, 3.63) is 226 Å². The molecule has 0 amide bonds. The molecule has 2 unspecified atom stereocenters. The average molecular weight is 733 g/mol. The number of nitrogens with one attached hydrogen (secondary N) is 1. The van der Waals surface area contributed by atoms with E-state index in [0.717, 1.165) is 39.5 Å². The van der Waals surface area contributed by atoms with Crippen LogP contribution < -0.4 is 5.32 Å². The molecule has 56 heavy (non-hydrogen) atoms. The molecule has 0 fully saturated rings. The summed E-state index contributed by atoms with van der Waals surface area (Å²) in [6.45, 7) is 0. The number of rotatable bonds is 4. The largest absolute Gasteiger partial charge is 0.324 e. The maximum Gasteiger partial charge on any atom is 0.169 e. The fourth-order valence-electron chi connectivity index (χ4n) is 8.98. The van der Waals surface area contributed by atoms with Gasteiger partial charge < -0.3 is 5.32 Å². The van der Waals surface area contributed by atoms with Crippen molar-refractivity contribution in [2.24, 2.45) is 9.98 Å². The fourth-order valence-corrected chi connectivity index (χ4v) is 10.2. The predicted molar refractivity (Wildman–Crippen MR) is 227 cm³/mol. The van der Waals surface area contributed by atoms with E-state index in [1.54, 1.807) is 0 Å². The number of benzene rings is 8. The van der Waals surface area contributed by atoms with Crippen molar-refractivity contribution in [3.8, 4) is 28.3 Å². The van der Waals surface area contributed by atoms with E-state index in [-0.39, 0.29) is 0 Å². The lowest BCUT2D eigenvalue weighted by Crippen LogP contribution is -2.37. The zero-order valence-corrected chi connectivity index (χ0v) is 31.0. The van der Waals surface area contributed by atoms with Gasteiger partial charge in [-0.1, -0.05) is 157 Å². The van der Waals surface area contributed by atoms with Crippen LogP contribution in [0.2, 0.25) is 0 Å². The van der Waals surface area contributed by atoms with E-state index in [1.165, 1.54) is 53.9 Å². The van der Waals surface area contributed by atoms with E-state index in [9.17, 15) is 5.26 Å². The third kappa shape index (κ3) is 4.86. The summed E-state index contributed by atoms with van der Waals surface area (Å²) in [5, 5.41) is 15.7. The molecule has 8 aromatic rings. The third-order valence-electron chi connectivity index (χ3n) is 11.4. The van der Waals surface area contributed by atoms with E-state index in [0.29, 0.717) is 5.56 Å². The molecule has 2 heterocycles. The van der Waals surface area contributed by atoms with E-state index >= 15 is 0 Å². The molecule has 4 nitrogen and oxygen atoms in total. The van der Waals surface area contributed by atoms with Crippen molar-refractivity contribution in [2.75, 3.05) is 0 Å². The number of hydrogen-bond donors (Lipinski definition) is 1. The minimum absolute atomic E-state index is 0.392. The van der Waals surface area contributed by atoms with Crippen molar-refractivity contribution in [1.82, 2.24) is 5.32 Å². The molecule has 2 atom stereocenters. The van der Waals surface area contributed by atoms with Gasteiger partial charge in [-0.3, -0.25) is 0 Å². The molecule has 0 saturated heterocycles. The SMILES string of the molecule is N#Cc1ccc(-c2cc3c(c4ccccc24)-c2ccccc2C32c3ccccc3Sc3ccc(C4=NC(c5ccccc5)N=C(c5ccccc5)N4)cc32)cc1. The Hall–Kier alpha value is -7.00. The first-order valence-electron chi connectivity index (χ1n) is 18.8. The molecule has 3 aliphatic rings. The average Bonchev–Trinajstić information content (AvgIpc) is 3.57. The number of nitrogens with zero attached hydrogens (tertiary/aromatic N) is 3. The van der Waals surface area contributed by atoms with Crippen LogP contribution in [0, 0.1) is 11.3 Å². The zero-order valence-electron chi connectivity index (χ0n) is 30.1. The Bertz CT molecular complexity index is 2980. The van der Waals surface area contributed by atoms with Crippen molar-refractivity contribution in [3.63, 3.8) is 0 Å². The second kappa shape index (κ2) is 12.8. The Morgan fingerprint density at radius 1 is 0.500 bits per heavy atom. The molecule has 0 aromatic heterocycles. The van der Waals surface area contributed by atoms with Gasteiger partial charge in [-0.25, -0.2) is 9.98 Å². The standard InChI is InChI=1S/C51H32N4S/c52-31-32-23-25-33(26-24-32)40-30-44-47(38-18-8-7-17-37(38)40)39-19-9-10-20-41(39)51(44)42-21-11-12-22-45(42)56-46-28-27-36(29-43(46)51)50-54-48(34-13-3-1-4-14-34)53-49(55-50)35-15-5-2-6-16-35/h1-30,48H,(H,53,54,55). The minimum atomic E-state index is -0.616. The number of nitriles is 1. The van der Waals surface area contributed by atoms with Crippen LogP contribution in [0.4, 0.5) is 0 Å². The van der Waals surface area contributed by atoms with Crippen LogP contribution in [0.1, 0.15) is 50.7 Å². The lowest BCUT2D eigenvalue weighted by atomic mass is 9.66. The molecule has 1 aliphatic carbocycles.